The van der Waals surface area contributed by atoms with Crippen molar-refractivity contribution in [3.8, 4) is 0 Å². The average Bonchev–Trinajstić information content (AvgIpc) is 2.81. The quantitative estimate of drug-likeness (QED) is 0.738. The molecule has 2 heterocycles. The largest absolute Gasteiger partial charge is 0.383 e. The Bertz CT molecular complexity index is 620. The van der Waals surface area contributed by atoms with Crippen LogP contribution in [0.15, 0.2) is 11.0 Å². The number of ether oxygens (including phenoxy) is 1. The lowest BCUT2D eigenvalue weighted by atomic mass is 10.3. The molecule has 2 rings (SSSR count). The molecule has 20 heavy (non-hydrogen) atoms. The van der Waals surface area contributed by atoms with Gasteiger partial charge in [-0.3, -0.25) is 4.79 Å². The minimum Gasteiger partial charge on any atom is -0.383 e. The van der Waals surface area contributed by atoms with Gasteiger partial charge in [-0.2, -0.15) is 5.10 Å². The van der Waals surface area contributed by atoms with Crippen LogP contribution in [0, 0.1) is 0 Å². The second kappa shape index (κ2) is 6.58. The van der Waals surface area contributed by atoms with E-state index >= 15 is 0 Å². The van der Waals surface area contributed by atoms with Gasteiger partial charge >= 0.3 is 0 Å². The Morgan fingerprint density at radius 2 is 2.30 bits per heavy atom. The smallest absolute Gasteiger partial charge is 0.280 e. The van der Waals surface area contributed by atoms with Crippen molar-refractivity contribution in [1.29, 1.82) is 0 Å². The third-order valence-corrected chi connectivity index (χ3v) is 3.06. The number of methoxy groups -OCH3 is 1. The third-order valence-electron chi connectivity index (χ3n) is 3.06. The van der Waals surface area contributed by atoms with Crippen LogP contribution in [0.4, 0.5) is 0 Å². The van der Waals surface area contributed by atoms with Gasteiger partial charge in [0.2, 0.25) is 0 Å². The zero-order valence-electron chi connectivity index (χ0n) is 12.0. The first kappa shape index (κ1) is 14.6. The monoisotopic (exact) mass is 280 g/mol. The molecule has 1 N–H and O–H groups in total. The van der Waals surface area contributed by atoms with Crippen LogP contribution >= 0.6 is 0 Å². The fraction of sp³-hybridized carbons (Fsp3) is 0.667. The number of hydrogen-bond donors (Lipinski definition) is 1. The fourth-order valence-electron chi connectivity index (χ4n) is 2.03. The summed E-state index contributed by atoms with van der Waals surface area (Å²) in [5, 5.41) is 15.8. The van der Waals surface area contributed by atoms with Crippen LogP contribution < -0.4 is 10.9 Å². The fourth-order valence-corrected chi connectivity index (χ4v) is 2.03. The van der Waals surface area contributed by atoms with Crippen molar-refractivity contribution < 1.29 is 4.74 Å². The van der Waals surface area contributed by atoms with Crippen molar-refractivity contribution in [2.75, 3.05) is 20.3 Å². The average molecular weight is 280 g/mol. The Morgan fingerprint density at radius 1 is 1.50 bits per heavy atom. The van der Waals surface area contributed by atoms with E-state index in [1.165, 1.54) is 15.6 Å². The van der Waals surface area contributed by atoms with Gasteiger partial charge in [0.1, 0.15) is 5.39 Å². The summed E-state index contributed by atoms with van der Waals surface area (Å²) in [5.74, 6) is 0. The van der Waals surface area contributed by atoms with Gasteiger partial charge in [-0.1, -0.05) is 12.1 Å². The highest BCUT2D eigenvalue weighted by molar-refractivity contribution is 5.72. The molecule has 0 aliphatic heterocycles. The lowest BCUT2D eigenvalue weighted by Crippen LogP contribution is -2.41. The number of nitrogens with one attached hydrogen (secondary N) is 1. The number of rotatable bonds is 7. The lowest BCUT2D eigenvalue weighted by molar-refractivity contribution is 0.155. The molecule has 8 nitrogen and oxygen atoms in total. The van der Waals surface area contributed by atoms with Gasteiger partial charge < -0.3 is 10.1 Å². The van der Waals surface area contributed by atoms with E-state index in [0.717, 1.165) is 13.0 Å². The number of aryl methyl sites for hydroxylation is 1. The first-order valence-corrected chi connectivity index (χ1v) is 6.65. The summed E-state index contributed by atoms with van der Waals surface area (Å²) >= 11 is 0. The van der Waals surface area contributed by atoms with Crippen LogP contribution in [-0.4, -0.2) is 51.1 Å². The van der Waals surface area contributed by atoms with Crippen molar-refractivity contribution in [3.05, 3.63) is 16.6 Å². The van der Waals surface area contributed by atoms with Crippen molar-refractivity contribution in [1.82, 2.24) is 30.1 Å². The lowest BCUT2D eigenvalue weighted by Gasteiger charge is -2.17. The number of hydrogen-bond acceptors (Lipinski definition) is 6. The summed E-state index contributed by atoms with van der Waals surface area (Å²) in [5.41, 5.74) is 0.318. The zero-order chi connectivity index (χ0) is 14.5. The molecule has 0 amide bonds. The van der Waals surface area contributed by atoms with Crippen LogP contribution in [0.5, 0.6) is 0 Å². The van der Waals surface area contributed by atoms with E-state index in [4.69, 9.17) is 4.74 Å². The van der Waals surface area contributed by atoms with Crippen molar-refractivity contribution >= 4 is 11.0 Å². The van der Waals surface area contributed by atoms with Gasteiger partial charge in [0, 0.05) is 14.2 Å². The highest BCUT2D eigenvalue weighted by atomic mass is 16.5. The van der Waals surface area contributed by atoms with Crippen molar-refractivity contribution in [3.63, 3.8) is 0 Å². The Balaban J connectivity index is 2.23. The van der Waals surface area contributed by atoms with Crippen molar-refractivity contribution in [2.24, 2.45) is 7.05 Å². The maximum Gasteiger partial charge on any atom is 0.280 e. The minimum atomic E-state index is -0.178. The number of aromatic nitrogens is 5. The molecule has 2 aromatic rings. The summed E-state index contributed by atoms with van der Waals surface area (Å²) in [4.78, 5) is 12.3. The van der Waals surface area contributed by atoms with Crippen molar-refractivity contribution in [2.45, 2.75) is 25.9 Å². The molecular weight excluding hydrogens is 260 g/mol. The highest BCUT2D eigenvalue weighted by Crippen LogP contribution is 2.02. The first-order valence-electron chi connectivity index (χ1n) is 6.65. The minimum absolute atomic E-state index is 0.0288. The molecule has 110 valence electrons. The molecule has 0 fully saturated rings. The zero-order valence-corrected chi connectivity index (χ0v) is 12.0. The molecule has 0 radical (unpaired) electrons. The van der Waals surface area contributed by atoms with Gasteiger partial charge in [0.15, 0.2) is 5.65 Å². The van der Waals surface area contributed by atoms with Gasteiger partial charge in [-0.25, -0.2) is 9.36 Å². The van der Waals surface area contributed by atoms with E-state index < -0.39 is 0 Å². The molecule has 0 aliphatic carbocycles. The SMILES string of the molecule is CCCNC(COC)Cn1nnc2c(cnn2C)c1=O. The van der Waals surface area contributed by atoms with Crippen LogP contribution in [-0.2, 0) is 18.3 Å². The summed E-state index contributed by atoms with van der Waals surface area (Å²) in [7, 11) is 3.37. The predicted octanol–water partition coefficient (Wildman–Crippen LogP) is -0.460. The van der Waals surface area contributed by atoms with E-state index in [0.29, 0.717) is 24.2 Å². The van der Waals surface area contributed by atoms with Gasteiger partial charge in [-0.05, 0) is 13.0 Å². The summed E-state index contributed by atoms with van der Waals surface area (Å²) in [6.45, 7) is 3.89. The highest BCUT2D eigenvalue weighted by Gasteiger charge is 2.14. The molecule has 1 unspecified atom stereocenters. The summed E-state index contributed by atoms with van der Waals surface area (Å²) in [6.07, 6.45) is 2.54. The predicted molar refractivity (Wildman–Crippen MR) is 74.5 cm³/mol. The van der Waals surface area contributed by atoms with E-state index in [1.54, 1.807) is 14.2 Å². The van der Waals surface area contributed by atoms with E-state index in [2.05, 4.69) is 27.7 Å². The van der Waals surface area contributed by atoms with Gasteiger partial charge in [0.25, 0.3) is 5.56 Å². The first-order chi connectivity index (χ1) is 9.67. The number of fused-ring (bicyclic) bond motifs is 1. The van der Waals surface area contributed by atoms with Gasteiger partial charge in [0.05, 0.1) is 25.4 Å². The number of nitrogens with zero attached hydrogens (tertiary/aromatic N) is 5. The Morgan fingerprint density at radius 3 is 3.00 bits per heavy atom. The molecule has 0 spiro atoms. The molecule has 0 aromatic carbocycles. The van der Waals surface area contributed by atoms with Crippen LogP contribution in [0.25, 0.3) is 11.0 Å². The van der Waals surface area contributed by atoms with E-state index in [9.17, 15) is 4.79 Å². The molecule has 0 aliphatic rings. The van der Waals surface area contributed by atoms with E-state index in [-0.39, 0.29) is 11.6 Å². The molecule has 0 saturated carbocycles. The Labute approximate surface area is 116 Å². The second-order valence-corrected chi connectivity index (χ2v) is 4.69. The maximum atomic E-state index is 12.3. The van der Waals surface area contributed by atoms with Crippen LogP contribution in [0.2, 0.25) is 0 Å². The summed E-state index contributed by atoms with van der Waals surface area (Å²) in [6, 6.07) is 0.0288. The van der Waals surface area contributed by atoms with Crippen LogP contribution in [0.3, 0.4) is 0 Å². The maximum absolute atomic E-state index is 12.3. The second-order valence-electron chi connectivity index (χ2n) is 4.69. The third kappa shape index (κ3) is 3.02. The molecule has 8 heteroatoms. The van der Waals surface area contributed by atoms with E-state index in [1.807, 2.05) is 0 Å². The van der Waals surface area contributed by atoms with Crippen LogP contribution in [0.1, 0.15) is 13.3 Å². The Hall–Kier alpha value is -1.80. The molecule has 0 bridgehead atoms. The molecule has 1 atom stereocenters. The molecule has 2 aromatic heterocycles. The molecular formula is C12H20N6O2. The molecule has 0 saturated heterocycles. The summed E-state index contributed by atoms with van der Waals surface area (Å²) < 4.78 is 8.06. The Kier molecular flexibility index (Phi) is 4.80. The van der Waals surface area contributed by atoms with Gasteiger partial charge in [-0.15, -0.1) is 5.10 Å². The topological polar surface area (TPSA) is 86.9 Å². The standard InChI is InChI=1S/C12H20N6O2/c1-4-5-13-9(8-20-3)7-18-12(19)10-6-14-17(2)11(10)15-16-18/h6,9,13H,4-5,7-8H2,1-3H3. The normalized spacial score (nSPS) is 12.9.